The van der Waals surface area contributed by atoms with Crippen LogP contribution in [0.25, 0.3) is 0 Å². The van der Waals surface area contributed by atoms with Gasteiger partial charge in [-0.05, 0) is 57.4 Å². The van der Waals surface area contributed by atoms with Gasteiger partial charge in [0.05, 0.1) is 16.7 Å². The number of pyridine rings is 1. The maximum absolute atomic E-state index is 12.8. The van der Waals surface area contributed by atoms with Crippen molar-refractivity contribution in [2.75, 3.05) is 11.9 Å². The zero-order chi connectivity index (χ0) is 19.4. The van der Waals surface area contributed by atoms with Gasteiger partial charge in [0.2, 0.25) is 0 Å². The number of nitrogens with zero attached hydrogens (tertiary/aromatic N) is 3. The van der Waals surface area contributed by atoms with Gasteiger partial charge in [-0.1, -0.05) is 6.07 Å². The number of piperidine rings is 1. The van der Waals surface area contributed by atoms with Crippen LogP contribution < -0.4 is 5.32 Å². The van der Waals surface area contributed by atoms with Crippen LogP contribution in [0.1, 0.15) is 55.2 Å². The van der Waals surface area contributed by atoms with Gasteiger partial charge < -0.3 is 10.2 Å². The van der Waals surface area contributed by atoms with Gasteiger partial charge in [-0.3, -0.25) is 19.9 Å². The van der Waals surface area contributed by atoms with E-state index in [2.05, 4.69) is 10.3 Å². The molecule has 7 nitrogen and oxygen atoms in total. The number of nitro groups is 1. The number of benzene rings is 1. The lowest BCUT2D eigenvalue weighted by atomic mass is 10.0. The summed E-state index contributed by atoms with van der Waals surface area (Å²) >= 11 is 0. The highest BCUT2D eigenvalue weighted by atomic mass is 16.6. The fraction of sp³-hybridized carbons (Fsp3) is 0.400. The molecule has 27 heavy (non-hydrogen) atoms. The summed E-state index contributed by atoms with van der Waals surface area (Å²) < 4.78 is 0. The molecule has 0 spiro atoms. The maximum Gasteiger partial charge on any atom is 0.293 e. The Morgan fingerprint density at radius 2 is 2.15 bits per heavy atom. The van der Waals surface area contributed by atoms with E-state index in [-0.39, 0.29) is 23.7 Å². The van der Waals surface area contributed by atoms with Crippen molar-refractivity contribution in [1.29, 1.82) is 0 Å². The van der Waals surface area contributed by atoms with Crippen LogP contribution in [0.3, 0.4) is 0 Å². The summed E-state index contributed by atoms with van der Waals surface area (Å²) in [5, 5.41) is 14.7. The van der Waals surface area contributed by atoms with E-state index >= 15 is 0 Å². The van der Waals surface area contributed by atoms with E-state index in [0.717, 1.165) is 25.0 Å². The lowest BCUT2D eigenvalue weighted by Crippen LogP contribution is -2.42. The summed E-state index contributed by atoms with van der Waals surface area (Å²) in [6.45, 7) is 4.61. The first kappa shape index (κ1) is 18.8. The van der Waals surface area contributed by atoms with Crippen molar-refractivity contribution in [2.24, 2.45) is 0 Å². The molecule has 0 bridgehead atoms. The monoisotopic (exact) mass is 368 g/mol. The van der Waals surface area contributed by atoms with Gasteiger partial charge in [0, 0.05) is 30.4 Å². The normalized spacial score (nSPS) is 18.0. The van der Waals surface area contributed by atoms with E-state index < -0.39 is 4.92 Å². The van der Waals surface area contributed by atoms with Gasteiger partial charge in [-0.25, -0.2) is 0 Å². The third-order valence-corrected chi connectivity index (χ3v) is 5.01. The molecule has 3 rings (SSSR count). The Kier molecular flexibility index (Phi) is 5.69. The minimum absolute atomic E-state index is 0.103. The fourth-order valence-corrected chi connectivity index (χ4v) is 3.44. The predicted octanol–water partition coefficient (Wildman–Crippen LogP) is 4.18. The molecule has 0 unspecified atom stereocenters. The van der Waals surface area contributed by atoms with Crippen molar-refractivity contribution in [3.8, 4) is 0 Å². The van der Waals surface area contributed by atoms with Crippen molar-refractivity contribution >= 4 is 17.3 Å². The summed E-state index contributed by atoms with van der Waals surface area (Å²) in [6.07, 6.45) is 4.73. The highest BCUT2D eigenvalue weighted by molar-refractivity contribution is 5.96. The number of carbonyl (C=O) groups is 1. The van der Waals surface area contributed by atoms with E-state index in [1.165, 1.54) is 6.07 Å². The van der Waals surface area contributed by atoms with Crippen LogP contribution in [-0.4, -0.2) is 33.3 Å². The van der Waals surface area contributed by atoms with Crippen LogP contribution in [-0.2, 0) is 0 Å². The summed E-state index contributed by atoms with van der Waals surface area (Å²) in [5.41, 5.74) is 1.41. The van der Waals surface area contributed by atoms with Gasteiger partial charge in [0.1, 0.15) is 5.69 Å². The number of carbonyl (C=O) groups excluding carboxylic acids is 1. The van der Waals surface area contributed by atoms with Gasteiger partial charge in [-0.2, -0.15) is 0 Å². The SMILES string of the molecule is C[C@@H]1CCCCN1C(=O)c1ccc(N[C@H](C)c2ccccn2)c([N+](=O)[O-])c1. The van der Waals surface area contributed by atoms with Gasteiger partial charge in [-0.15, -0.1) is 0 Å². The molecular weight excluding hydrogens is 344 g/mol. The quantitative estimate of drug-likeness (QED) is 0.632. The minimum atomic E-state index is -0.454. The molecule has 1 aromatic heterocycles. The molecule has 2 heterocycles. The lowest BCUT2D eigenvalue weighted by molar-refractivity contribution is -0.384. The van der Waals surface area contributed by atoms with Crippen LogP contribution in [0.2, 0.25) is 0 Å². The highest BCUT2D eigenvalue weighted by Crippen LogP contribution is 2.30. The maximum atomic E-state index is 12.8. The molecule has 1 fully saturated rings. The molecule has 2 aromatic rings. The van der Waals surface area contributed by atoms with Crippen LogP contribution in [0, 0.1) is 10.1 Å². The third-order valence-electron chi connectivity index (χ3n) is 5.01. The molecule has 1 aromatic carbocycles. The van der Waals surface area contributed by atoms with Gasteiger partial charge in [0.15, 0.2) is 0 Å². The zero-order valence-electron chi connectivity index (χ0n) is 15.6. The lowest BCUT2D eigenvalue weighted by Gasteiger charge is -2.33. The van der Waals surface area contributed by atoms with Crippen LogP contribution in [0.15, 0.2) is 42.6 Å². The number of nitro benzene ring substituents is 1. The van der Waals surface area contributed by atoms with E-state index in [1.54, 1.807) is 18.3 Å². The second-order valence-corrected chi connectivity index (χ2v) is 6.95. The summed E-state index contributed by atoms with van der Waals surface area (Å²) in [5.74, 6) is -0.144. The molecule has 1 amide bonds. The predicted molar refractivity (Wildman–Crippen MR) is 104 cm³/mol. The molecule has 0 saturated carbocycles. The number of hydrogen-bond acceptors (Lipinski definition) is 5. The molecule has 1 N–H and O–H groups in total. The Bertz CT molecular complexity index is 825. The van der Waals surface area contributed by atoms with Crippen LogP contribution >= 0.6 is 0 Å². The van der Waals surface area contributed by atoms with Crippen LogP contribution in [0.4, 0.5) is 11.4 Å². The molecule has 1 aliphatic rings. The molecule has 7 heteroatoms. The molecule has 142 valence electrons. The topological polar surface area (TPSA) is 88.4 Å². The molecule has 0 aliphatic carbocycles. The average Bonchev–Trinajstić information content (AvgIpc) is 2.68. The van der Waals surface area contributed by atoms with Crippen molar-refractivity contribution < 1.29 is 9.72 Å². The first-order valence-electron chi connectivity index (χ1n) is 9.24. The molecular formula is C20H24N4O3. The summed E-state index contributed by atoms with van der Waals surface area (Å²) in [6, 6.07) is 10.2. The van der Waals surface area contributed by atoms with Crippen LogP contribution in [0.5, 0.6) is 0 Å². The molecule has 1 saturated heterocycles. The molecule has 2 atom stereocenters. The Balaban J connectivity index is 1.84. The summed E-state index contributed by atoms with van der Waals surface area (Å²) in [7, 11) is 0. The number of likely N-dealkylation sites (tertiary alicyclic amines) is 1. The second kappa shape index (κ2) is 8.16. The van der Waals surface area contributed by atoms with Gasteiger partial charge >= 0.3 is 0 Å². The van der Waals surface area contributed by atoms with E-state index in [1.807, 2.05) is 36.9 Å². The molecule has 1 aliphatic heterocycles. The number of amides is 1. The highest BCUT2D eigenvalue weighted by Gasteiger charge is 2.26. The van der Waals surface area contributed by atoms with Crippen molar-refractivity contribution in [3.05, 3.63) is 64.0 Å². The Hall–Kier alpha value is -2.96. The molecule has 0 radical (unpaired) electrons. The number of nitrogens with one attached hydrogen (secondary N) is 1. The number of aromatic nitrogens is 1. The van der Waals surface area contributed by atoms with Crippen molar-refractivity contribution in [2.45, 2.75) is 45.2 Å². The van der Waals surface area contributed by atoms with Crippen molar-refractivity contribution in [3.63, 3.8) is 0 Å². The number of anilines is 1. The number of hydrogen-bond donors (Lipinski definition) is 1. The van der Waals surface area contributed by atoms with E-state index in [0.29, 0.717) is 17.8 Å². The first-order chi connectivity index (χ1) is 13.0. The Morgan fingerprint density at radius 1 is 1.33 bits per heavy atom. The summed E-state index contributed by atoms with van der Waals surface area (Å²) in [4.78, 5) is 30.0. The van der Waals surface area contributed by atoms with Gasteiger partial charge in [0.25, 0.3) is 11.6 Å². The largest absolute Gasteiger partial charge is 0.371 e. The Labute approximate surface area is 158 Å². The zero-order valence-corrected chi connectivity index (χ0v) is 15.6. The second-order valence-electron chi connectivity index (χ2n) is 6.95. The third kappa shape index (κ3) is 4.24. The smallest absolute Gasteiger partial charge is 0.293 e. The fourth-order valence-electron chi connectivity index (χ4n) is 3.44. The minimum Gasteiger partial charge on any atom is -0.371 e. The Morgan fingerprint density at radius 3 is 2.81 bits per heavy atom. The van der Waals surface area contributed by atoms with E-state index in [4.69, 9.17) is 0 Å². The average molecular weight is 368 g/mol. The standard InChI is InChI=1S/C20H24N4O3/c1-14-7-4-6-12-23(14)20(25)16-9-10-18(19(13-16)24(26)27)22-15(2)17-8-3-5-11-21-17/h3,5,8-11,13-15,22H,4,6-7,12H2,1-2H3/t14-,15-/m1/s1. The van der Waals surface area contributed by atoms with E-state index in [9.17, 15) is 14.9 Å². The van der Waals surface area contributed by atoms with Crippen molar-refractivity contribution in [1.82, 2.24) is 9.88 Å². The first-order valence-corrected chi connectivity index (χ1v) is 9.24. The number of rotatable bonds is 5.